The number of hydrogen-bond donors (Lipinski definition) is 1. The molecule has 5 heteroatoms. The average molecular weight is 302 g/mol. The van der Waals surface area contributed by atoms with Crippen LogP contribution in [0.4, 0.5) is 5.69 Å². The summed E-state index contributed by atoms with van der Waals surface area (Å²) in [5, 5.41) is 3.22. The SMILES string of the molecule is COC(=O)CCCNc1cc(Br)ccc1OC. The van der Waals surface area contributed by atoms with Crippen molar-refractivity contribution >= 4 is 27.6 Å². The van der Waals surface area contributed by atoms with Crippen molar-refractivity contribution in [2.24, 2.45) is 0 Å². The van der Waals surface area contributed by atoms with Crippen LogP contribution in [-0.4, -0.2) is 26.7 Å². The second-order valence-corrected chi connectivity index (χ2v) is 4.37. The number of anilines is 1. The molecule has 0 atom stereocenters. The van der Waals surface area contributed by atoms with Gasteiger partial charge in [0, 0.05) is 17.4 Å². The number of carbonyl (C=O) groups is 1. The molecule has 17 heavy (non-hydrogen) atoms. The lowest BCUT2D eigenvalue weighted by molar-refractivity contribution is -0.140. The molecule has 0 amide bonds. The third kappa shape index (κ3) is 4.65. The van der Waals surface area contributed by atoms with Crippen molar-refractivity contribution in [2.45, 2.75) is 12.8 Å². The largest absolute Gasteiger partial charge is 0.495 e. The van der Waals surface area contributed by atoms with Crippen LogP contribution in [0.1, 0.15) is 12.8 Å². The first kappa shape index (κ1) is 13.8. The minimum Gasteiger partial charge on any atom is -0.495 e. The van der Waals surface area contributed by atoms with E-state index < -0.39 is 0 Å². The van der Waals surface area contributed by atoms with E-state index in [9.17, 15) is 4.79 Å². The minimum absolute atomic E-state index is 0.187. The Morgan fingerprint density at radius 1 is 1.41 bits per heavy atom. The molecule has 0 bridgehead atoms. The van der Waals surface area contributed by atoms with Crippen LogP contribution in [0.3, 0.4) is 0 Å². The van der Waals surface area contributed by atoms with Crippen LogP contribution >= 0.6 is 15.9 Å². The van der Waals surface area contributed by atoms with Crippen LogP contribution in [0.2, 0.25) is 0 Å². The van der Waals surface area contributed by atoms with Gasteiger partial charge in [0.15, 0.2) is 0 Å². The lowest BCUT2D eigenvalue weighted by Crippen LogP contribution is -2.07. The highest BCUT2D eigenvalue weighted by atomic mass is 79.9. The van der Waals surface area contributed by atoms with Crippen molar-refractivity contribution in [3.8, 4) is 5.75 Å². The molecule has 0 heterocycles. The monoisotopic (exact) mass is 301 g/mol. The van der Waals surface area contributed by atoms with Gasteiger partial charge in [0.25, 0.3) is 0 Å². The second-order valence-electron chi connectivity index (χ2n) is 3.45. The van der Waals surface area contributed by atoms with Crippen LogP contribution in [0, 0.1) is 0 Å². The number of rotatable bonds is 6. The van der Waals surface area contributed by atoms with E-state index >= 15 is 0 Å². The van der Waals surface area contributed by atoms with Crippen molar-refractivity contribution in [2.75, 3.05) is 26.1 Å². The number of halogens is 1. The van der Waals surface area contributed by atoms with Crippen molar-refractivity contribution in [1.29, 1.82) is 0 Å². The van der Waals surface area contributed by atoms with Gasteiger partial charge in [-0.05, 0) is 24.6 Å². The molecule has 0 radical (unpaired) electrons. The van der Waals surface area contributed by atoms with Crippen LogP contribution in [0.25, 0.3) is 0 Å². The molecule has 0 spiro atoms. The smallest absolute Gasteiger partial charge is 0.305 e. The van der Waals surface area contributed by atoms with Gasteiger partial charge in [-0.25, -0.2) is 0 Å². The molecule has 1 rings (SSSR count). The highest BCUT2D eigenvalue weighted by Crippen LogP contribution is 2.27. The average Bonchev–Trinajstić information content (AvgIpc) is 2.34. The molecule has 1 aromatic carbocycles. The highest BCUT2D eigenvalue weighted by molar-refractivity contribution is 9.10. The van der Waals surface area contributed by atoms with E-state index in [1.807, 2.05) is 18.2 Å². The zero-order valence-corrected chi connectivity index (χ0v) is 11.5. The molecule has 0 fully saturated rings. The Labute approximate surface area is 109 Å². The van der Waals surface area contributed by atoms with E-state index in [2.05, 4.69) is 26.0 Å². The molecular formula is C12H16BrNO3. The zero-order chi connectivity index (χ0) is 12.7. The lowest BCUT2D eigenvalue weighted by atomic mass is 10.2. The summed E-state index contributed by atoms with van der Waals surface area (Å²) < 4.78 is 10.8. The van der Waals surface area contributed by atoms with E-state index in [4.69, 9.17) is 4.74 Å². The van der Waals surface area contributed by atoms with Gasteiger partial charge in [-0.2, -0.15) is 0 Å². The number of benzene rings is 1. The summed E-state index contributed by atoms with van der Waals surface area (Å²) in [5.41, 5.74) is 0.909. The summed E-state index contributed by atoms with van der Waals surface area (Å²) in [6.45, 7) is 0.696. The maximum atomic E-state index is 10.9. The van der Waals surface area contributed by atoms with Gasteiger partial charge >= 0.3 is 5.97 Å². The van der Waals surface area contributed by atoms with Gasteiger partial charge in [-0.15, -0.1) is 0 Å². The molecule has 1 aromatic rings. The molecule has 0 saturated heterocycles. The molecule has 0 aliphatic carbocycles. The summed E-state index contributed by atoms with van der Waals surface area (Å²) in [6, 6.07) is 5.74. The van der Waals surface area contributed by atoms with Gasteiger partial charge in [0.1, 0.15) is 5.75 Å². The van der Waals surface area contributed by atoms with Crippen LogP contribution in [0.5, 0.6) is 5.75 Å². The van der Waals surface area contributed by atoms with E-state index in [0.29, 0.717) is 13.0 Å². The maximum Gasteiger partial charge on any atom is 0.305 e. The standard InChI is InChI=1S/C12H16BrNO3/c1-16-11-6-5-9(13)8-10(11)14-7-3-4-12(15)17-2/h5-6,8,14H,3-4,7H2,1-2H3. The van der Waals surface area contributed by atoms with Crippen molar-refractivity contribution in [1.82, 2.24) is 0 Å². The van der Waals surface area contributed by atoms with Crippen molar-refractivity contribution in [3.05, 3.63) is 22.7 Å². The Kier molecular flexibility index (Phi) is 5.83. The van der Waals surface area contributed by atoms with E-state index in [1.54, 1.807) is 7.11 Å². The normalized spacial score (nSPS) is 9.82. The quantitative estimate of drug-likeness (QED) is 0.648. The van der Waals surface area contributed by atoms with Gasteiger partial charge in [0.05, 0.1) is 19.9 Å². The Hall–Kier alpha value is -1.23. The van der Waals surface area contributed by atoms with Crippen LogP contribution in [-0.2, 0) is 9.53 Å². The Morgan fingerprint density at radius 3 is 2.82 bits per heavy atom. The van der Waals surface area contributed by atoms with Crippen molar-refractivity contribution < 1.29 is 14.3 Å². The molecule has 4 nitrogen and oxygen atoms in total. The molecule has 0 aromatic heterocycles. The number of ether oxygens (including phenoxy) is 2. The fourth-order valence-corrected chi connectivity index (χ4v) is 1.74. The highest BCUT2D eigenvalue weighted by Gasteiger charge is 2.04. The molecule has 94 valence electrons. The van der Waals surface area contributed by atoms with Crippen LogP contribution < -0.4 is 10.1 Å². The maximum absolute atomic E-state index is 10.9. The molecule has 0 aliphatic heterocycles. The van der Waals surface area contributed by atoms with Gasteiger partial charge < -0.3 is 14.8 Å². The fourth-order valence-electron chi connectivity index (χ4n) is 1.38. The third-order valence-corrected chi connectivity index (χ3v) is 2.76. The Bertz CT molecular complexity index is 382. The van der Waals surface area contributed by atoms with Gasteiger partial charge in [0.2, 0.25) is 0 Å². The molecule has 0 aliphatic rings. The Balaban J connectivity index is 2.45. The summed E-state index contributed by atoms with van der Waals surface area (Å²) in [5.74, 6) is 0.597. The number of esters is 1. The topological polar surface area (TPSA) is 47.6 Å². The minimum atomic E-state index is -0.187. The van der Waals surface area contributed by atoms with Crippen LogP contribution in [0.15, 0.2) is 22.7 Å². The number of carbonyl (C=O) groups excluding carboxylic acids is 1. The number of nitrogens with one attached hydrogen (secondary N) is 1. The second kappa shape index (κ2) is 7.17. The predicted octanol–water partition coefficient (Wildman–Crippen LogP) is 2.82. The number of hydrogen-bond acceptors (Lipinski definition) is 4. The first-order valence-electron chi connectivity index (χ1n) is 5.31. The van der Waals surface area contributed by atoms with Gasteiger partial charge in [-0.3, -0.25) is 4.79 Å². The molecule has 0 saturated carbocycles. The fraction of sp³-hybridized carbons (Fsp3) is 0.417. The molecular weight excluding hydrogens is 286 g/mol. The lowest BCUT2D eigenvalue weighted by Gasteiger charge is -2.11. The summed E-state index contributed by atoms with van der Waals surface area (Å²) in [7, 11) is 3.02. The number of methoxy groups -OCH3 is 2. The first-order chi connectivity index (χ1) is 8.17. The predicted molar refractivity (Wildman–Crippen MR) is 70.4 cm³/mol. The third-order valence-electron chi connectivity index (χ3n) is 2.26. The van der Waals surface area contributed by atoms with E-state index in [1.165, 1.54) is 7.11 Å². The zero-order valence-electron chi connectivity index (χ0n) is 9.96. The summed E-state index contributed by atoms with van der Waals surface area (Å²) >= 11 is 3.40. The molecule has 1 N–H and O–H groups in total. The Morgan fingerprint density at radius 2 is 2.18 bits per heavy atom. The van der Waals surface area contributed by atoms with Crippen molar-refractivity contribution in [3.63, 3.8) is 0 Å². The summed E-state index contributed by atoms with van der Waals surface area (Å²) in [6.07, 6.45) is 1.14. The van der Waals surface area contributed by atoms with E-state index in [-0.39, 0.29) is 5.97 Å². The van der Waals surface area contributed by atoms with E-state index in [0.717, 1.165) is 22.3 Å². The first-order valence-corrected chi connectivity index (χ1v) is 6.11. The summed E-state index contributed by atoms with van der Waals surface area (Å²) in [4.78, 5) is 10.9. The van der Waals surface area contributed by atoms with Gasteiger partial charge in [-0.1, -0.05) is 15.9 Å². The molecule has 0 unspecified atom stereocenters.